The number of halogens is 3. The average Bonchev–Trinajstić information content (AvgIpc) is 3.10. The number of carbonyl (C=O) groups is 1. The fraction of sp³-hybridized carbons (Fsp3) is 0.174. The van der Waals surface area contributed by atoms with E-state index in [1.165, 1.54) is 12.1 Å². The van der Waals surface area contributed by atoms with E-state index in [1.807, 2.05) is 24.3 Å². The van der Waals surface area contributed by atoms with Gasteiger partial charge in [0.1, 0.15) is 11.9 Å². The van der Waals surface area contributed by atoms with Crippen LogP contribution in [0.15, 0.2) is 66.7 Å². The van der Waals surface area contributed by atoms with E-state index in [0.29, 0.717) is 24.2 Å². The first-order valence-electron chi connectivity index (χ1n) is 9.09. The lowest BCUT2D eigenvalue weighted by atomic mass is 9.94. The molecule has 1 aliphatic heterocycles. The van der Waals surface area contributed by atoms with E-state index in [-0.39, 0.29) is 11.7 Å². The molecule has 3 aromatic rings. The van der Waals surface area contributed by atoms with Crippen molar-refractivity contribution < 1.29 is 27.8 Å². The van der Waals surface area contributed by atoms with Gasteiger partial charge in [0.05, 0.1) is 11.1 Å². The molecule has 148 valence electrons. The Labute approximate surface area is 165 Å². The number of hydrogen-bond donors (Lipinski definition) is 1. The number of ether oxygens (including phenoxy) is 1. The number of aromatic carboxylic acids is 1. The van der Waals surface area contributed by atoms with Gasteiger partial charge < -0.3 is 9.84 Å². The van der Waals surface area contributed by atoms with Gasteiger partial charge in [-0.05, 0) is 41.0 Å². The molecule has 0 aromatic heterocycles. The summed E-state index contributed by atoms with van der Waals surface area (Å²) >= 11 is 0. The Kier molecular flexibility index (Phi) is 4.78. The van der Waals surface area contributed by atoms with Crippen LogP contribution in [0.5, 0.6) is 5.75 Å². The minimum absolute atomic E-state index is 0.194. The first kappa shape index (κ1) is 19.1. The number of alkyl halides is 3. The highest BCUT2D eigenvalue weighted by Gasteiger charge is 2.31. The van der Waals surface area contributed by atoms with Gasteiger partial charge in [0.15, 0.2) is 0 Å². The van der Waals surface area contributed by atoms with Crippen LogP contribution in [0.3, 0.4) is 0 Å². The van der Waals surface area contributed by atoms with Crippen molar-refractivity contribution in [3.05, 3.63) is 89.0 Å². The summed E-state index contributed by atoms with van der Waals surface area (Å²) in [5.74, 6) is -0.321. The van der Waals surface area contributed by atoms with Gasteiger partial charge >= 0.3 is 12.1 Å². The molecule has 1 heterocycles. The summed E-state index contributed by atoms with van der Waals surface area (Å²) in [6.45, 7) is 0. The second-order valence-electron chi connectivity index (χ2n) is 7.01. The molecule has 4 rings (SSSR count). The van der Waals surface area contributed by atoms with Crippen LogP contribution in [-0.2, 0) is 19.0 Å². The molecule has 0 amide bonds. The van der Waals surface area contributed by atoms with Gasteiger partial charge in [-0.2, -0.15) is 13.2 Å². The van der Waals surface area contributed by atoms with Crippen molar-refractivity contribution in [2.45, 2.75) is 25.1 Å². The van der Waals surface area contributed by atoms with Gasteiger partial charge in [-0.3, -0.25) is 0 Å². The molecule has 0 radical (unpaired) electrons. The maximum absolute atomic E-state index is 13.0. The van der Waals surface area contributed by atoms with Crippen LogP contribution in [-0.4, -0.2) is 17.2 Å². The van der Waals surface area contributed by atoms with Gasteiger partial charge in [0, 0.05) is 18.4 Å². The lowest BCUT2D eigenvalue weighted by Gasteiger charge is -2.12. The minimum atomic E-state index is -4.38. The van der Waals surface area contributed by atoms with Crippen LogP contribution in [0.1, 0.15) is 27.0 Å². The standard InChI is InChI=1S/C23H17F3O3/c24-23(25,26)17-7-1-4-14(10-17)11-18-13-20-19(8-3-9-21(20)29-18)15-5-2-6-16(12-15)22(27)28/h1-10,12,18H,11,13H2,(H,27,28). The highest BCUT2D eigenvalue weighted by atomic mass is 19.4. The number of rotatable bonds is 4. The van der Waals surface area contributed by atoms with E-state index in [0.717, 1.165) is 28.8 Å². The maximum Gasteiger partial charge on any atom is 0.416 e. The summed E-state index contributed by atoms with van der Waals surface area (Å²) in [6, 6.07) is 17.5. The third-order valence-electron chi connectivity index (χ3n) is 5.00. The minimum Gasteiger partial charge on any atom is -0.489 e. The van der Waals surface area contributed by atoms with Crippen molar-refractivity contribution in [1.82, 2.24) is 0 Å². The van der Waals surface area contributed by atoms with Gasteiger partial charge in [0.2, 0.25) is 0 Å². The van der Waals surface area contributed by atoms with Crippen molar-refractivity contribution in [2.24, 2.45) is 0 Å². The number of carboxylic acid groups (broad SMARTS) is 1. The summed E-state index contributed by atoms with van der Waals surface area (Å²) < 4.78 is 44.8. The van der Waals surface area contributed by atoms with E-state index in [9.17, 15) is 23.1 Å². The van der Waals surface area contributed by atoms with Crippen LogP contribution >= 0.6 is 0 Å². The molecular formula is C23H17F3O3. The predicted octanol–water partition coefficient (Wildman–Crippen LogP) is 5.62. The Hall–Kier alpha value is -3.28. The average molecular weight is 398 g/mol. The van der Waals surface area contributed by atoms with Crippen molar-refractivity contribution in [1.29, 1.82) is 0 Å². The zero-order valence-corrected chi connectivity index (χ0v) is 15.2. The summed E-state index contributed by atoms with van der Waals surface area (Å²) in [5, 5.41) is 9.23. The highest BCUT2D eigenvalue weighted by molar-refractivity contribution is 5.89. The second kappa shape index (κ2) is 7.28. The van der Waals surface area contributed by atoms with Crippen LogP contribution in [0.2, 0.25) is 0 Å². The van der Waals surface area contributed by atoms with Crippen LogP contribution in [0.25, 0.3) is 11.1 Å². The van der Waals surface area contributed by atoms with E-state index < -0.39 is 17.7 Å². The molecule has 3 nitrogen and oxygen atoms in total. The lowest BCUT2D eigenvalue weighted by molar-refractivity contribution is -0.137. The maximum atomic E-state index is 13.0. The van der Waals surface area contributed by atoms with Gasteiger partial charge in [0.25, 0.3) is 0 Å². The molecule has 0 fully saturated rings. The molecule has 1 unspecified atom stereocenters. The molecular weight excluding hydrogens is 381 g/mol. The van der Waals surface area contributed by atoms with Crippen molar-refractivity contribution in [2.75, 3.05) is 0 Å². The SMILES string of the molecule is O=C(O)c1cccc(-c2cccc3c2CC(Cc2cccc(C(F)(F)F)c2)O3)c1. The predicted molar refractivity (Wildman–Crippen MR) is 102 cm³/mol. The number of benzene rings is 3. The normalized spacial score (nSPS) is 15.6. The molecule has 6 heteroatoms. The summed E-state index contributed by atoms with van der Waals surface area (Å²) in [5.41, 5.74) is 2.66. The lowest BCUT2D eigenvalue weighted by Crippen LogP contribution is -2.17. The molecule has 3 aromatic carbocycles. The molecule has 29 heavy (non-hydrogen) atoms. The van der Waals surface area contributed by atoms with E-state index in [2.05, 4.69) is 0 Å². The Morgan fingerprint density at radius 3 is 2.55 bits per heavy atom. The molecule has 0 aliphatic carbocycles. The van der Waals surface area contributed by atoms with Gasteiger partial charge in [-0.25, -0.2) is 4.79 Å². The zero-order chi connectivity index (χ0) is 20.6. The van der Waals surface area contributed by atoms with Gasteiger partial charge in [-0.15, -0.1) is 0 Å². The molecule has 1 aliphatic rings. The monoisotopic (exact) mass is 398 g/mol. The van der Waals surface area contributed by atoms with Crippen molar-refractivity contribution in [3.8, 4) is 16.9 Å². The topological polar surface area (TPSA) is 46.5 Å². The Balaban J connectivity index is 1.59. The van der Waals surface area contributed by atoms with Gasteiger partial charge in [-0.1, -0.05) is 42.5 Å². The summed E-state index contributed by atoms with van der Waals surface area (Å²) in [7, 11) is 0. The molecule has 1 atom stereocenters. The summed E-state index contributed by atoms with van der Waals surface area (Å²) in [4.78, 5) is 11.3. The Morgan fingerprint density at radius 1 is 1.03 bits per heavy atom. The van der Waals surface area contributed by atoms with Crippen LogP contribution in [0, 0.1) is 0 Å². The Bertz CT molecular complexity index is 1070. The third kappa shape index (κ3) is 3.97. The van der Waals surface area contributed by atoms with E-state index in [4.69, 9.17) is 4.74 Å². The van der Waals surface area contributed by atoms with Crippen LogP contribution < -0.4 is 4.74 Å². The largest absolute Gasteiger partial charge is 0.489 e. The molecule has 1 N–H and O–H groups in total. The highest BCUT2D eigenvalue weighted by Crippen LogP contribution is 2.38. The summed E-state index contributed by atoms with van der Waals surface area (Å²) in [6.07, 6.45) is -3.76. The fourth-order valence-corrected chi connectivity index (χ4v) is 3.68. The van der Waals surface area contributed by atoms with Crippen molar-refractivity contribution in [3.63, 3.8) is 0 Å². The number of hydrogen-bond acceptors (Lipinski definition) is 2. The second-order valence-corrected chi connectivity index (χ2v) is 7.01. The zero-order valence-electron chi connectivity index (χ0n) is 15.2. The molecule has 0 bridgehead atoms. The Morgan fingerprint density at radius 2 is 1.79 bits per heavy atom. The quantitative estimate of drug-likeness (QED) is 0.621. The molecule has 0 saturated carbocycles. The van der Waals surface area contributed by atoms with Crippen LogP contribution in [0.4, 0.5) is 13.2 Å². The van der Waals surface area contributed by atoms with E-state index >= 15 is 0 Å². The first-order chi connectivity index (χ1) is 13.8. The smallest absolute Gasteiger partial charge is 0.416 e. The third-order valence-corrected chi connectivity index (χ3v) is 5.00. The number of carboxylic acids is 1. The molecule has 0 saturated heterocycles. The molecule has 0 spiro atoms. The fourth-order valence-electron chi connectivity index (χ4n) is 3.68. The van der Waals surface area contributed by atoms with E-state index in [1.54, 1.807) is 18.2 Å². The number of fused-ring (bicyclic) bond motifs is 1. The van der Waals surface area contributed by atoms with Crippen molar-refractivity contribution >= 4 is 5.97 Å². The first-order valence-corrected chi connectivity index (χ1v) is 9.09.